The van der Waals surface area contributed by atoms with E-state index in [2.05, 4.69) is 10.3 Å². The molecule has 1 rings (SSSR count). The van der Waals surface area contributed by atoms with Crippen LogP contribution in [0.25, 0.3) is 0 Å². The Labute approximate surface area is 102 Å². The lowest BCUT2D eigenvalue weighted by Crippen LogP contribution is -2.25. The van der Waals surface area contributed by atoms with Crippen molar-refractivity contribution in [1.82, 2.24) is 15.2 Å². The van der Waals surface area contributed by atoms with Crippen molar-refractivity contribution in [2.45, 2.75) is 19.9 Å². The van der Waals surface area contributed by atoms with E-state index in [9.17, 15) is 4.79 Å². The van der Waals surface area contributed by atoms with E-state index in [4.69, 9.17) is 4.42 Å². The predicted molar refractivity (Wildman–Crippen MR) is 65.5 cm³/mol. The number of hydrogen-bond donors (Lipinski definition) is 1. The van der Waals surface area contributed by atoms with Crippen molar-refractivity contribution in [1.29, 1.82) is 0 Å². The first kappa shape index (κ1) is 13.4. The second kappa shape index (κ2) is 6.20. The van der Waals surface area contributed by atoms with Crippen LogP contribution < -0.4 is 5.32 Å². The summed E-state index contributed by atoms with van der Waals surface area (Å²) in [6, 6.07) is -0.222. The van der Waals surface area contributed by atoms with Crippen molar-refractivity contribution < 1.29 is 9.21 Å². The Bertz CT molecular complexity index is 396. The number of carbonyl (C=O) groups excluding carboxylic acids is 1. The van der Waals surface area contributed by atoms with Crippen LogP contribution in [0.15, 0.2) is 22.8 Å². The van der Waals surface area contributed by atoms with Crippen LogP contribution >= 0.6 is 0 Å². The van der Waals surface area contributed by atoms with E-state index < -0.39 is 0 Å². The zero-order valence-corrected chi connectivity index (χ0v) is 10.7. The van der Waals surface area contributed by atoms with Gasteiger partial charge in [0.05, 0.1) is 6.20 Å². The largest absolute Gasteiger partial charge is 0.444 e. The molecule has 1 amide bonds. The monoisotopic (exact) mass is 237 g/mol. The molecule has 1 aromatic heterocycles. The third-order valence-corrected chi connectivity index (χ3v) is 2.11. The Hall–Kier alpha value is -1.62. The summed E-state index contributed by atoms with van der Waals surface area (Å²) in [6.07, 6.45) is 4.97. The molecular weight excluding hydrogens is 218 g/mol. The van der Waals surface area contributed by atoms with E-state index in [-0.39, 0.29) is 11.9 Å². The molecule has 1 atom stereocenters. The number of aryl methyl sites for hydroxylation is 1. The van der Waals surface area contributed by atoms with E-state index >= 15 is 0 Å². The third kappa shape index (κ3) is 4.82. The molecule has 17 heavy (non-hydrogen) atoms. The second-order valence-corrected chi connectivity index (χ2v) is 4.20. The van der Waals surface area contributed by atoms with E-state index in [1.165, 1.54) is 6.08 Å². The Morgan fingerprint density at radius 2 is 2.35 bits per heavy atom. The molecule has 1 heterocycles. The van der Waals surface area contributed by atoms with E-state index in [1.807, 2.05) is 38.9 Å². The summed E-state index contributed by atoms with van der Waals surface area (Å²) in [6.45, 7) is 4.39. The van der Waals surface area contributed by atoms with Gasteiger partial charge in [-0.2, -0.15) is 0 Å². The fourth-order valence-corrected chi connectivity index (χ4v) is 1.27. The van der Waals surface area contributed by atoms with Crippen LogP contribution in [0, 0.1) is 6.92 Å². The van der Waals surface area contributed by atoms with Crippen molar-refractivity contribution >= 4 is 5.91 Å². The first-order chi connectivity index (χ1) is 7.99. The van der Waals surface area contributed by atoms with Gasteiger partial charge in [0.2, 0.25) is 11.8 Å². The average Bonchev–Trinajstić information content (AvgIpc) is 2.64. The smallest absolute Gasteiger partial charge is 0.244 e. The fourth-order valence-electron chi connectivity index (χ4n) is 1.27. The number of nitrogens with one attached hydrogen (secondary N) is 1. The number of carbonyl (C=O) groups is 1. The summed E-state index contributed by atoms with van der Waals surface area (Å²) >= 11 is 0. The summed E-state index contributed by atoms with van der Waals surface area (Å²) < 4.78 is 5.33. The van der Waals surface area contributed by atoms with E-state index in [0.29, 0.717) is 5.89 Å². The number of aromatic nitrogens is 1. The minimum absolute atomic E-state index is 0.143. The fraction of sp³-hybridized carbons (Fsp3) is 0.500. The lowest BCUT2D eigenvalue weighted by atomic mass is 10.3. The van der Waals surface area contributed by atoms with Gasteiger partial charge in [-0.25, -0.2) is 4.98 Å². The molecule has 0 saturated heterocycles. The highest BCUT2D eigenvalue weighted by Crippen LogP contribution is 2.11. The van der Waals surface area contributed by atoms with Crippen LogP contribution in [-0.2, 0) is 4.79 Å². The molecule has 0 radical (unpaired) electrons. The third-order valence-electron chi connectivity index (χ3n) is 2.11. The molecule has 0 spiro atoms. The predicted octanol–water partition coefficient (Wildman–Crippen LogP) is 1.28. The maximum absolute atomic E-state index is 11.5. The van der Waals surface area contributed by atoms with Crippen LogP contribution in [0.5, 0.6) is 0 Å². The van der Waals surface area contributed by atoms with Crippen molar-refractivity contribution in [2.75, 3.05) is 20.6 Å². The Morgan fingerprint density at radius 3 is 2.88 bits per heavy atom. The molecule has 1 unspecified atom stereocenters. The van der Waals surface area contributed by atoms with Crippen LogP contribution in [0.2, 0.25) is 0 Å². The normalized spacial score (nSPS) is 13.2. The molecule has 94 valence electrons. The molecule has 1 N–H and O–H groups in total. The maximum atomic E-state index is 11.5. The number of amides is 1. The van der Waals surface area contributed by atoms with Gasteiger partial charge in [0.15, 0.2) is 0 Å². The van der Waals surface area contributed by atoms with Crippen molar-refractivity contribution in [3.05, 3.63) is 30.0 Å². The molecule has 0 aliphatic rings. The molecule has 1 aromatic rings. The Balaban J connectivity index is 2.43. The minimum atomic E-state index is -0.222. The first-order valence-corrected chi connectivity index (χ1v) is 5.53. The van der Waals surface area contributed by atoms with Gasteiger partial charge in [0.25, 0.3) is 0 Å². The molecule has 5 nitrogen and oxygen atoms in total. The summed E-state index contributed by atoms with van der Waals surface area (Å²) in [4.78, 5) is 17.6. The Kier molecular flexibility index (Phi) is 4.90. The summed E-state index contributed by atoms with van der Waals surface area (Å²) in [5.41, 5.74) is 0. The van der Waals surface area contributed by atoms with Crippen molar-refractivity contribution in [2.24, 2.45) is 0 Å². The highest BCUT2D eigenvalue weighted by molar-refractivity contribution is 5.87. The summed E-state index contributed by atoms with van der Waals surface area (Å²) in [5.74, 6) is 1.12. The van der Waals surface area contributed by atoms with Gasteiger partial charge in [-0.05, 0) is 27.9 Å². The van der Waals surface area contributed by atoms with Gasteiger partial charge in [0, 0.05) is 12.6 Å². The Morgan fingerprint density at radius 1 is 1.65 bits per heavy atom. The zero-order valence-electron chi connectivity index (χ0n) is 10.7. The molecule has 0 aromatic carbocycles. The molecule has 0 bridgehead atoms. The number of nitrogens with zero attached hydrogens (tertiary/aromatic N) is 2. The highest BCUT2D eigenvalue weighted by atomic mass is 16.4. The summed E-state index contributed by atoms with van der Waals surface area (Å²) in [5, 5.41) is 2.78. The lowest BCUT2D eigenvalue weighted by Gasteiger charge is -2.08. The molecular formula is C12H19N3O2. The standard InChI is InChI=1S/C12H19N3O2/c1-9-8-13-12(17-9)10(2)14-11(16)6-5-7-15(3)4/h5-6,8,10H,7H2,1-4H3,(H,14,16)/b6-5+. The number of likely N-dealkylation sites (N-methyl/N-ethyl adjacent to an activating group) is 1. The summed E-state index contributed by atoms with van der Waals surface area (Å²) in [7, 11) is 3.89. The highest BCUT2D eigenvalue weighted by Gasteiger charge is 2.12. The molecule has 0 saturated carbocycles. The van der Waals surface area contributed by atoms with Gasteiger partial charge in [-0.1, -0.05) is 6.08 Å². The quantitative estimate of drug-likeness (QED) is 0.784. The topological polar surface area (TPSA) is 58.4 Å². The van der Waals surface area contributed by atoms with Gasteiger partial charge in [-0.15, -0.1) is 0 Å². The molecule has 0 aliphatic heterocycles. The van der Waals surface area contributed by atoms with Crippen LogP contribution in [0.3, 0.4) is 0 Å². The van der Waals surface area contributed by atoms with Crippen LogP contribution in [0.4, 0.5) is 0 Å². The van der Waals surface area contributed by atoms with Gasteiger partial charge < -0.3 is 14.6 Å². The second-order valence-electron chi connectivity index (χ2n) is 4.20. The van der Waals surface area contributed by atoms with Crippen molar-refractivity contribution in [3.63, 3.8) is 0 Å². The van der Waals surface area contributed by atoms with Crippen molar-refractivity contribution in [3.8, 4) is 0 Å². The SMILES string of the molecule is Cc1cnc(C(C)NC(=O)/C=C/CN(C)C)o1. The molecule has 0 fully saturated rings. The first-order valence-electron chi connectivity index (χ1n) is 5.53. The van der Waals surface area contributed by atoms with Gasteiger partial charge >= 0.3 is 0 Å². The van der Waals surface area contributed by atoms with Crippen LogP contribution in [0.1, 0.15) is 24.6 Å². The van der Waals surface area contributed by atoms with Gasteiger partial charge in [-0.3, -0.25) is 4.79 Å². The molecule has 0 aliphatic carbocycles. The van der Waals surface area contributed by atoms with E-state index in [0.717, 1.165) is 12.3 Å². The molecule has 5 heteroatoms. The number of oxazole rings is 1. The van der Waals surface area contributed by atoms with Crippen LogP contribution in [-0.4, -0.2) is 36.4 Å². The lowest BCUT2D eigenvalue weighted by molar-refractivity contribution is -0.117. The van der Waals surface area contributed by atoms with Gasteiger partial charge in [0.1, 0.15) is 11.8 Å². The van der Waals surface area contributed by atoms with E-state index in [1.54, 1.807) is 6.20 Å². The minimum Gasteiger partial charge on any atom is -0.444 e. The average molecular weight is 237 g/mol. The number of hydrogen-bond acceptors (Lipinski definition) is 4. The zero-order chi connectivity index (χ0) is 12.8. The number of rotatable bonds is 5. The maximum Gasteiger partial charge on any atom is 0.244 e.